The zero-order valence-electron chi connectivity index (χ0n) is 10.0. The summed E-state index contributed by atoms with van der Waals surface area (Å²) in [6.45, 7) is 4.79. The van der Waals surface area contributed by atoms with Crippen LogP contribution in [0.15, 0.2) is 24.3 Å². The number of carboxylic acids is 1. The van der Waals surface area contributed by atoms with E-state index in [2.05, 4.69) is 17.1 Å². The summed E-state index contributed by atoms with van der Waals surface area (Å²) >= 11 is 0. The second kappa shape index (κ2) is 5.19. The van der Waals surface area contributed by atoms with Crippen molar-refractivity contribution in [3.8, 4) is 0 Å². The number of carboxylic acid groups (broad SMARTS) is 1. The van der Waals surface area contributed by atoms with Gasteiger partial charge in [0.15, 0.2) is 0 Å². The van der Waals surface area contributed by atoms with E-state index >= 15 is 0 Å². The van der Waals surface area contributed by atoms with Crippen LogP contribution in [0.4, 0.5) is 5.69 Å². The molecule has 0 aromatic heterocycles. The van der Waals surface area contributed by atoms with Gasteiger partial charge < -0.3 is 15.3 Å². The Kier molecular flexibility index (Phi) is 3.64. The highest BCUT2D eigenvalue weighted by atomic mass is 16.4. The van der Waals surface area contributed by atoms with E-state index in [1.165, 1.54) is 0 Å². The van der Waals surface area contributed by atoms with Crippen LogP contribution in [0.3, 0.4) is 0 Å². The van der Waals surface area contributed by atoms with Crippen LogP contribution >= 0.6 is 0 Å². The Balaban J connectivity index is 2.24. The standard InChI is InChI=1S/C13H18N2O2/c1-2-10-9-15(8-7-14-10)12-6-4-3-5-11(12)13(16)17/h3-6,10,14H,2,7-9H2,1H3,(H,16,17)/t10-/m0/s1. The third kappa shape index (κ3) is 2.58. The van der Waals surface area contributed by atoms with E-state index in [-0.39, 0.29) is 0 Å². The maximum atomic E-state index is 11.2. The Morgan fingerprint density at radius 2 is 2.29 bits per heavy atom. The van der Waals surface area contributed by atoms with Crippen LogP contribution in [-0.2, 0) is 0 Å². The Hall–Kier alpha value is -1.55. The fourth-order valence-corrected chi connectivity index (χ4v) is 2.25. The van der Waals surface area contributed by atoms with Crippen molar-refractivity contribution >= 4 is 11.7 Å². The van der Waals surface area contributed by atoms with Crippen molar-refractivity contribution in [2.75, 3.05) is 24.5 Å². The minimum absolute atomic E-state index is 0.393. The van der Waals surface area contributed by atoms with Crippen molar-refractivity contribution in [3.05, 3.63) is 29.8 Å². The molecule has 4 nitrogen and oxygen atoms in total. The minimum Gasteiger partial charge on any atom is -0.478 e. The number of anilines is 1. The summed E-state index contributed by atoms with van der Waals surface area (Å²) in [7, 11) is 0. The fourth-order valence-electron chi connectivity index (χ4n) is 2.25. The number of nitrogens with one attached hydrogen (secondary N) is 1. The molecule has 0 aliphatic carbocycles. The van der Waals surface area contributed by atoms with Gasteiger partial charge in [-0.25, -0.2) is 4.79 Å². The van der Waals surface area contributed by atoms with Crippen molar-refractivity contribution in [2.24, 2.45) is 0 Å². The SMILES string of the molecule is CC[C@H]1CN(c2ccccc2C(=O)O)CCN1. The van der Waals surface area contributed by atoms with Gasteiger partial charge in [0.05, 0.1) is 11.3 Å². The molecule has 1 aromatic carbocycles. The topological polar surface area (TPSA) is 52.6 Å². The molecule has 1 aliphatic rings. The van der Waals surface area contributed by atoms with Crippen molar-refractivity contribution < 1.29 is 9.90 Å². The summed E-state index contributed by atoms with van der Waals surface area (Å²) < 4.78 is 0. The summed E-state index contributed by atoms with van der Waals surface area (Å²) in [5.41, 5.74) is 1.23. The van der Waals surface area contributed by atoms with Gasteiger partial charge in [-0.3, -0.25) is 0 Å². The van der Waals surface area contributed by atoms with Crippen LogP contribution in [0.5, 0.6) is 0 Å². The fraction of sp³-hybridized carbons (Fsp3) is 0.462. The first kappa shape index (κ1) is 11.9. The highest BCUT2D eigenvalue weighted by Crippen LogP contribution is 2.22. The normalized spacial score (nSPS) is 20.3. The number of benzene rings is 1. The van der Waals surface area contributed by atoms with Gasteiger partial charge in [-0.05, 0) is 18.6 Å². The summed E-state index contributed by atoms with van der Waals surface area (Å²) in [6.07, 6.45) is 1.06. The molecule has 1 atom stereocenters. The van der Waals surface area contributed by atoms with Crippen LogP contribution in [0, 0.1) is 0 Å². The van der Waals surface area contributed by atoms with Gasteiger partial charge in [-0.2, -0.15) is 0 Å². The number of carbonyl (C=O) groups is 1. The quantitative estimate of drug-likeness (QED) is 0.833. The van der Waals surface area contributed by atoms with E-state index in [0.29, 0.717) is 11.6 Å². The lowest BCUT2D eigenvalue weighted by atomic mass is 10.1. The maximum absolute atomic E-state index is 11.2. The molecule has 1 fully saturated rings. The molecule has 17 heavy (non-hydrogen) atoms. The average Bonchev–Trinajstić information content (AvgIpc) is 2.39. The Labute approximate surface area is 101 Å². The summed E-state index contributed by atoms with van der Waals surface area (Å²) in [5.74, 6) is -0.854. The largest absolute Gasteiger partial charge is 0.478 e. The molecule has 4 heteroatoms. The van der Waals surface area contributed by atoms with Gasteiger partial charge >= 0.3 is 5.97 Å². The van der Waals surface area contributed by atoms with Crippen LogP contribution < -0.4 is 10.2 Å². The molecule has 1 heterocycles. The molecule has 0 bridgehead atoms. The van der Waals surface area contributed by atoms with E-state index < -0.39 is 5.97 Å². The lowest BCUT2D eigenvalue weighted by Crippen LogP contribution is -2.50. The Morgan fingerprint density at radius 3 is 3.00 bits per heavy atom. The highest BCUT2D eigenvalue weighted by molar-refractivity contribution is 5.94. The molecule has 1 saturated heterocycles. The molecule has 0 spiro atoms. The van der Waals surface area contributed by atoms with Crippen molar-refractivity contribution in [1.82, 2.24) is 5.32 Å². The summed E-state index contributed by atoms with van der Waals surface area (Å²) in [4.78, 5) is 13.3. The van der Waals surface area contributed by atoms with E-state index in [0.717, 1.165) is 31.7 Å². The minimum atomic E-state index is -0.854. The molecule has 0 radical (unpaired) electrons. The number of rotatable bonds is 3. The summed E-state index contributed by atoms with van der Waals surface area (Å²) in [5, 5.41) is 12.6. The van der Waals surface area contributed by atoms with Crippen LogP contribution in [0.25, 0.3) is 0 Å². The second-order valence-corrected chi connectivity index (χ2v) is 4.33. The molecule has 92 valence electrons. The van der Waals surface area contributed by atoms with Gasteiger partial charge in [-0.1, -0.05) is 19.1 Å². The van der Waals surface area contributed by atoms with E-state index in [1.54, 1.807) is 12.1 Å². The lowest BCUT2D eigenvalue weighted by Gasteiger charge is -2.35. The van der Waals surface area contributed by atoms with Crippen LogP contribution in [-0.4, -0.2) is 36.8 Å². The smallest absolute Gasteiger partial charge is 0.337 e. The first-order valence-corrected chi connectivity index (χ1v) is 6.03. The monoisotopic (exact) mass is 234 g/mol. The number of aromatic carboxylic acids is 1. The average molecular weight is 234 g/mol. The Morgan fingerprint density at radius 1 is 1.53 bits per heavy atom. The molecule has 2 rings (SSSR count). The number of para-hydroxylation sites is 1. The van der Waals surface area contributed by atoms with Crippen molar-refractivity contribution in [1.29, 1.82) is 0 Å². The number of hydrogen-bond acceptors (Lipinski definition) is 3. The molecular weight excluding hydrogens is 216 g/mol. The number of hydrogen-bond donors (Lipinski definition) is 2. The zero-order valence-corrected chi connectivity index (χ0v) is 10.0. The predicted octanol–water partition coefficient (Wildman–Crippen LogP) is 1.57. The summed E-state index contributed by atoms with van der Waals surface area (Å²) in [6, 6.07) is 7.67. The van der Waals surface area contributed by atoms with Gasteiger partial charge in [0.2, 0.25) is 0 Å². The third-order valence-electron chi connectivity index (χ3n) is 3.22. The molecule has 1 aromatic rings. The Bertz CT molecular complexity index is 406. The number of piperazine rings is 1. The van der Waals surface area contributed by atoms with Gasteiger partial charge in [-0.15, -0.1) is 0 Å². The first-order chi connectivity index (χ1) is 8.22. The maximum Gasteiger partial charge on any atom is 0.337 e. The number of nitrogens with zero attached hydrogens (tertiary/aromatic N) is 1. The van der Waals surface area contributed by atoms with E-state index in [4.69, 9.17) is 0 Å². The van der Waals surface area contributed by atoms with Gasteiger partial charge in [0, 0.05) is 25.7 Å². The predicted molar refractivity (Wildman–Crippen MR) is 67.7 cm³/mol. The van der Waals surface area contributed by atoms with Crippen LogP contribution in [0.2, 0.25) is 0 Å². The molecular formula is C13H18N2O2. The molecule has 0 amide bonds. The first-order valence-electron chi connectivity index (χ1n) is 6.03. The van der Waals surface area contributed by atoms with Crippen molar-refractivity contribution in [3.63, 3.8) is 0 Å². The van der Waals surface area contributed by atoms with Crippen molar-refractivity contribution in [2.45, 2.75) is 19.4 Å². The highest BCUT2D eigenvalue weighted by Gasteiger charge is 2.21. The third-order valence-corrected chi connectivity index (χ3v) is 3.22. The van der Waals surface area contributed by atoms with Gasteiger partial charge in [0.25, 0.3) is 0 Å². The van der Waals surface area contributed by atoms with E-state index in [1.807, 2.05) is 12.1 Å². The molecule has 2 N–H and O–H groups in total. The molecule has 0 saturated carbocycles. The zero-order chi connectivity index (χ0) is 12.3. The van der Waals surface area contributed by atoms with Gasteiger partial charge in [0.1, 0.15) is 0 Å². The van der Waals surface area contributed by atoms with E-state index in [9.17, 15) is 9.90 Å². The van der Waals surface area contributed by atoms with Crippen LogP contribution in [0.1, 0.15) is 23.7 Å². The second-order valence-electron chi connectivity index (χ2n) is 4.33. The lowest BCUT2D eigenvalue weighted by molar-refractivity contribution is 0.0697. The molecule has 1 aliphatic heterocycles. The molecule has 0 unspecified atom stereocenters.